The van der Waals surface area contributed by atoms with Crippen molar-refractivity contribution in [3.05, 3.63) is 60.7 Å². The summed E-state index contributed by atoms with van der Waals surface area (Å²) in [6, 6.07) is 21.4. The monoisotopic (exact) mass is 458 g/mol. The van der Waals surface area contributed by atoms with E-state index < -0.39 is 13.7 Å². The standard InChI is InChI=1S/C26H38O5Si/c1-25(2,3)32(22-12-6-4-7-13-22,23-14-8-5-9-15-23)31-17-11-10-16-24-29-20-26(18-27,19-28)21-30-24/h4-9,12-15,24,27-28H,10-11,16-21H2,1-3H3. The number of aliphatic hydroxyl groups excluding tert-OH is 2. The van der Waals surface area contributed by atoms with Gasteiger partial charge in [0.1, 0.15) is 0 Å². The molecule has 32 heavy (non-hydrogen) atoms. The molecule has 0 aliphatic carbocycles. The molecule has 1 aliphatic heterocycles. The van der Waals surface area contributed by atoms with Gasteiger partial charge in [-0.1, -0.05) is 81.4 Å². The van der Waals surface area contributed by atoms with E-state index in [-0.39, 0.29) is 24.5 Å². The molecule has 2 aromatic rings. The third-order valence-electron chi connectivity index (χ3n) is 6.39. The molecule has 1 saturated heterocycles. The number of hydrogen-bond acceptors (Lipinski definition) is 5. The summed E-state index contributed by atoms with van der Waals surface area (Å²) in [5, 5.41) is 21.5. The lowest BCUT2D eigenvalue weighted by atomic mass is 9.92. The molecular formula is C26H38O5Si. The minimum Gasteiger partial charge on any atom is -0.407 e. The number of unbranched alkanes of at least 4 members (excludes halogenated alkanes) is 1. The molecule has 0 radical (unpaired) electrons. The molecule has 0 spiro atoms. The Balaban J connectivity index is 1.63. The fraction of sp³-hybridized carbons (Fsp3) is 0.538. The van der Waals surface area contributed by atoms with Crippen LogP contribution in [-0.4, -0.2) is 57.9 Å². The highest BCUT2D eigenvalue weighted by Crippen LogP contribution is 2.37. The fourth-order valence-corrected chi connectivity index (χ4v) is 9.03. The summed E-state index contributed by atoms with van der Waals surface area (Å²) in [7, 11) is -2.49. The Morgan fingerprint density at radius 1 is 0.875 bits per heavy atom. The molecule has 0 aromatic heterocycles. The van der Waals surface area contributed by atoms with Crippen LogP contribution in [0.5, 0.6) is 0 Å². The summed E-state index contributed by atoms with van der Waals surface area (Å²) in [4.78, 5) is 0. The molecule has 0 bridgehead atoms. The number of hydrogen-bond donors (Lipinski definition) is 2. The van der Waals surface area contributed by atoms with Gasteiger partial charge < -0.3 is 24.1 Å². The topological polar surface area (TPSA) is 68.2 Å². The maximum absolute atomic E-state index is 9.47. The number of ether oxygens (including phenoxy) is 2. The van der Waals surface area contributed by atoms with Gasteiger partial charge in [0, 0.05) is 6.61 Å². The molecular weight excluding hydrogens is 420 g/mol. The van der Waals surface area contributed by atoms with Crippen molar-refractivity contribution in [2.45, 2.75) is 51.4 Å². The Morgan fingerprint density at radius 2 is 1.38 bits per heavy atom. The lowest BCUT2D eigenvalue weighted by Crippen LogP contribution is -2.66. The zero-order valence-corrected chi connectivity index (χ0v) is 20.6. The van der Waals surface area contributed by atoms with Crippen LogP contribution in [0.2, 0.25) is 5.04 Å². The molecule has 1 aliphatic rings. The van der Waals surface area contributed by atoms with Crippen molar-refractivity contribution in [2.75, 3.05) is 33.0 Å². The average molecular weight is 459 g/mol. The first-order valence-electron chi connectivity index (χ1n) is 11.6. The molecule has 6 heteroatoms. The van der Waals surface area contributed by atoms with Gasteiger partial charge in [-0.15, -0.1) is 0 Å². The second kappa shape index (κ2) is 11.1. The zero-order valence-electron chi connectivity index (χ0n) is 19.6. The summed E-state index contributed by atoms with van der Waals surface area (Å²) in [6.07, 6.45) is 2.33. The van der Waals surface area contributed by atoms with E-state index in [1.807, 2.05) is 0 Å². The van der Waals surface area contributed by atoms with Crippen LogP contribution < -0.4 is 10.4 Å². The Bertz CT molecular complexity index is 752. The predicted molar refractivity (Wildman–Crippen MR) is 130 cm³/mol. The summed E-state index contributed by atoms with van der Waals surface area (Å²) in [5.41, 5.74) is -0.678. The van der Waals surface area contributed by atoms with E-state index in [2.05, 4.69) is 81.4 Å². The predicted octanol–water partition coefficient (Wildman–Crippen LogP) is 3.08. The largest absolute Gasteiger partial charge is 0.407 e. The highest BCUT2D eigenvalue weighted by Gasteiger charge is 2.50. The Kier molecular flexibility index (Phi) is 8.66. The van der Waals surface area contributed by atoms with Crippen LogP contribution in [0, 0.1) is 5.41 Å². The Morgan fingerprint density at radius 3 is 1.81 bits per heavy atom. The molecule has 0 amide bonds. The van der Waals surface area contributed by atoms with Crippen molar-refractivity contribution in [2.24, 2.45) is 5.41 Å². The van der Waals surface area contributed by atoms with E-state index >= 15 is 0 Å². The second-order valence-corrected chi connectivity index (χ2v) is 14.2. The quantitative estimate of drug-likeness (QED) is 0.423. The van der Waals surface area contributed by atoms with Gasteiger partial charge in [-0.25, -0.2) is 0 Å². The van der Waals surface area contributed by atoms with Crippen LogP contribution in [0.25, 0.3) is 0 Å². The zero-order chi connectivity index (χ0) is 23.1. The maximum atomic E-state index is 9.47. The first-order valence-corrected chi connectivity index (χ1v) is 13.5. The molecule has 5 nitrogen and oxygen atoms in total. The van der Waals surface area contributed by atoms with Gasteiger partial charge in [0.2, 0.25) is 0 Å². The average Bonchev–Trinajstić information content (AvgIpc) is 2.82. The number of benzene rings is 2. The Labute approximate surface area is 193 Å². The van der Waals surface area contributed by atoms with Crippen molar-refractivity contribution in [1.82, 2.24) is 0 Å². The molecule has 0 atom stereocenters. The van der Waals surface area contributed by atoms with Crippen molar-refractivity contribution in [3.8, 4) is 0 Å². The van der Waals surface area contributed by atoms with Gasteiger partial charge in [-0.05, 0) is 34.7 Å². The lowest BCUT2D eigenvalue weighted by molar-refractivity contribution is -0.245. The fourth-order valence-electron chi connectivity index (χ4n) is 4.43. The lowest BCUT2D eigenvalue weighted by Gasteiger charge is -2.43. The summed E-state index contributed by atoms with van der Waals surface area (Å²) >= 11 is 0. The SMILES string of the molecule is CC(C)(C)[Si](OCCCCC1OCC(CO)(CO)CO1)(c1ccccc1)c1ccccc1. The summed E-state index contributed by atoms with van der Waals surface area (Å²) < 4.78 is 18.4. The third-order valence-corrected chi connectivity index (χ3v) is 11.4. The van der Waals surface area contributed by atoms with Crippen LogP contribution in [0.4, 0.5) is 0 Å². The van der Waals surface area contributed by atoms with E-state index in [4.69, 9.17) is 13.9 Å². The van der Waals surface area contributed by atoms with Crippen molar-refractivity contribution >= 4 is 18.7 Å². The molecule has 0 unspecified atom stereocenters. The van der Waals surface area contributed by atoms with Crippen molar-refractivity contribution in [1.29, 1.82) is 0 Å². The van der Waals surface area contributed by atoms with E-state index in [1.54, 1.807) is 0 Å². The van der Waals surface area contributed by atoms with E-state index in [1.165, 1.54) is 10.4 Å². The van der Waals surface area contributed by atoms with E-state index in [0.29, 0.717) is 19.8 Å². The highest BCUT2D eigenvalue weighted by molar-refractivity contribution is 6.99. The van der Waals surface area contributed by atoms with Crippen LogP contribution >= 0.6 is 0 Å². The van der Waals surface area contributed by atoms with Crippen LogP contribution in [-0.2, 0) is 13.9 Å². The molecule has 2 N–H and O–H groups in total. The van der Waals surface area contributed by atoms with Crippen LogP contribution in [0.15, 0.2) is 60.7 Å². The molecule has 3 rings (SSSR count). The van der Waals surface area contributed by atoms with Gasteiger partial charge in [0.15, 0.2) is 6.29 Å². The molecule has 2 aromatic carbocycles. The van der Waals surface area contributed by atoms with Gasteiger partial charge in [0.25, 0.3) is 8.32 Å². The van der Waals surface area contributed by atoms with Crippen molar-refractivity contribution in [3.63, 3.8) is 0 Å². The third kappa shape index (κ3) is 5.50. The van der Waals surface area contributed by atoms with Gasteiger partial charge in [-0.2, -0.15) is 0 Å². The van der Waals surface area contributed by atoms with E-state index in [9.17, 15) is 10.2 Å². The van der Waals surface area contributed by atoms with Crippen LogP contribution in [0.1, 0.15) is 40.0 Å². The van der Waals surface area contributed by atoms with Crippen molar-refractivity contribution < 1.29 is 24.1 Å². The number of rotatable bonds is 10. The maximum Gasteiger partial charge on any atom is 0.261 e. The van der Waals surface area contributed by atoms with Crippen LogP contribution in [0.3, 0.4) is 0 Å². The van der Waals surface area contributed by atoms with Gasteiger partial charge >= 0.3 is 0 Å². The summed E-state index contributed by atoms with van der Waals surface area (Å²) in [6.45, 7) is 7.92. The highest BCUT2D eigenvalue weighted by atomic mass is 28.4. The minimum absolute atomic E-state index is 0.0246. The first kappa shape index (κ1) is 25.1. The van der Waals surface area contributed by atoms with E-state index in [0.717, 1.165) is 19.3 Å². The number of aliphatic hydroxyl groups is 2. The van der Waals surface area contributed by atoms with Gasteiger partial charge in [0.05, 0.1) is 31.8 Å². The smallest absolute Gasteiger partial charge is 0.261 e. The van der Waals surface area contributed by atoms with Gasteiger partial charge in [-0.3, -0.25) is 0 Å². The molecule has 1 fully saturated rings. The normalized spacial score (nSPS) is 17.4. The second-order valence-electron chi connectivity index (χ2n) is 9.88. The molecule has 1 heterocycles. The first-order chi connectivity index (χ1) is 15.4. The Hall–Kier alpha value is -1.54. The molecule has 0 saturated carbocycles. The summed E-state index contributed by atoms with van der Waals surface area (Å²) in [5.74, 6) is 0. The molecule has 176 valence electrons. The minimum atomic E-state index is -2.49.